The average Bonchev–Trinajstić information content (AvgIpc) is 3.65. The zero-order valence-corrected chi connectivity index (χ0v) is 21.9. The van der Waals surface area contributed by atoms with Crippen molar-refractivity contribution in [2.75, 3.05) is 12.4 Å². The lowest BCUT2D eigenvalue weighted by Gasteiger charge is -2.12. The van der Waals surface area contributed by atoms with Gasteiger partial charge < -0.3 is 24.6 Å². The van der Waals surface area contributed by atoms with Gasteiger partial charge >= 0.3 is 11.9 Å². The van der Waals surface area contributed by atoms with Gasteiger partial charge in [-0.2, -0.15) is 0 Å². The van der Waals surface area contributed by atoms with Crippen LogP contribution >= 0.6 is 11.3 Å². The topological polar surface area (TPSA) is 124 Å². The molecule has 0 saturated heterocycles. The monoisotopic (exact) mass is 554 g/mol. The molecule has 9 nitrogen and oxygen atoms in total. The summed E-state index contributed by atoms with van der Waals surface area (Å²) in [5.74, 6) is -1.05. The third-order valence-corrected chi connectivity index (χ3v) is 6.65. The van der Waals surface area contributed by atoms with Crippen LogP contribution in [0.4, 0.5) is 5.69 Å². The summed E-state index contributed by atoms with van der Waals surface area (Å²) in [5, 5.41) is 14.7. The molecule has 1 aliphatic heterocycles. The number of methoxy groups -OCH3 is 1. The van der Waals surface area contributed by atoms with Crippen LogP contribution in [0.25, 0.3) is 6.08 Å². The van der Waals surface area contributed by atoms with Crippen molar-refractivity contribution >= 4 is 46.8 Å². The number of benzene rings is 3. The summed E-state index contributed by atoms with van der Waals surface area (Å²) < 4.78 is 16.1. The molecular formula is C30H22N2O7S. The van der Waals surface area contributed by atoms with E-state index < -0.39 is 23.9 Å². The van der Waals surface area contributed by atoms with Gasteiger partial charge in [0.1, 0.15) is 4.88 Å². The summed E-state index contributed by atoms with van der Waals surface area (Å²) >= 11 is 1.27. The second-order valence-corrected chi connectivity index (χ2v) is 9.44. The third-order valence-electron chi connectivity index (χ3n) is 5.80. The Morgan fingerprint density at radius 1 is 1.00 bits per heavy atom. The fraction of sp³-hybridized carbons (Fsp3) is 0.0667. The molecule has 5 rings (SSSR count). The minimum atomic E-state index is -1.31. The van der Waals surface area contributed by atoms with Gasteiger partial charge in [-0.1, -0.05) is 42.5 Å². The fourth-order valence-corrected chi connectivity index (χ4v) is 4.39. The van der Waals surface area contributed by atoms with E-state index in [1.54, 1.807) is 90.3 Å². The first-order valence-corrected chi connectivity index (χ1v) is 12.9. The van der Waals surface area contributed by atoms with Crippen LogP contribution in [-0.2, 0) is 14.3 Å². The second kappa shape index (κ2) is 11.8. The van der Waals surface area contributed by atoms with Gasteiger partial charge in [-0.15, -0.1) is 11.3 Å². The summed E-state index contributed by atoms with van der Waals surface area (Å²) in [4.78, 5) is 41.9. The minimum Gasteiger partial charge on any atom is -0.493 e. The Kier molecular flexibility index (Phi) is 7.81. The summed E-state index contributed by atoms with van der Waals surface area (Å²) in [6.07, 6.45) is 0.219. The average molecular weight is 555 g/mol. The molecule has 1 amide bonds. The van der Waals surface area contributed by atoms with Crippen LogP contribution in [0.2, 0.25) is 0 Å². The molecule has 1 aromatic heterocycles. The minimum absolute atomic E-state index is 0.0729. The molecule has 40 heavy (non-hydrogen) atoms. The van der Waals surface area contributed by atoms with Crippen molar-refractivity contribution in [3.05, 3.63) is 118 Å². The van der Waals surface area contributed by atoms with Gasteiger partial charge in [-0.25, -0.2) is 14.6 Å². The van der Waals surface area contributed by atoms with E-state index in [-0.39, 0.29) is 17.3 Å². The number of rotatable bonds is 8. The first-order valence-electron chi connectivity index (χ1n) is 12.0. The molecule has 1 aliphatic rings. The number of carbonyl (C=O) groups excluding carboxylic acids is 3. The van der Waals surface area contributed by atoms with Crippen LogP contribution in [0.1, 0.15) is 32.5 Å². The van der Waals surface area contributed by atoms with E-state index in [9.17, 15) is 19.5 Å². The first-order chi connectivity index (χ1) is 19.4. The van der Waals surface area contributed by atoms with Crippen LogP contribution in [0.5, 0.6) is 11.5 Å². The number of cyclic esters (lactones) is 1. The molecule has 0 fully saturated rings. The highest BCUT2D eigenvalue weighted by Crippen LogP contribution is 2.31. The number of hydrogen-bond donors (Lipinski definition) is 2. The molecule has 4 aromatic rings. The van der Waals surface area contributed by atoms with Gasteiger partial charge in [-0.05, 0) is 65.0 Å². The summed E-state index contributed by atoms with van der Waals surface area (Å²) in [5.41, 5.74) is 2.11. The van der Waals surface area contributed by atoms with E-state index in [0.717, 1.165) is 0 Å². The smallest absolute Gasteiger partial charge is 0.363 e. The molecule has 2 heterocycles. The number of carbonyl (C=O) groups is 3. The van der Waals surface area contributed by atoms with Crippen molar-refractivity contribution in [1.29, 1.82) is 0 Å². The number of hydrogen-bond acceptors (Lipinski definition) is 9. The Labute approximate surface area is 233 Å². The van der Waals surface area contributed by atoms with Crippen molar-refractivity contribution < 1.29 is 33.7 Å². The standard InChI is InChI=1S/C30H22N2O7S/c1-37-24-17-18(9-14-23(24)38-30(36)25-8-5-15-40-25)16-22-29(35)39-28(32-22)20-10-12-21(13-11-20)31-27(34)26(33)19-6-3-2-4-7-19/h2-17,26,33H,1H3,(H,31,34)/b22-16+. The predicted molar refractivity (Wildman–Crippen MR) is 149 cm³/mol. The van der Waals surface area contributed by atoms with Crippen LogP contribution in [0.3, 0.4) is 0 Å². The zero-order valence-electron chi connectivity index (χ0n) is 21.1. The zero-order chi connectivity index (χ0) is 28.1. The van der Waals surface area contributed by atoms with E-state index >= 15 is 0 Å². The Balaban J connectivity index is 1.28. The number of aliphatic hydroxyl groups excluding tert-OH is 1. The first kappa shape index (κ1) is 26.5. The van der Waals surface area contributed by atoms with Crippen LogP contribution in [-0.4, -0.2) is 36.0 Å². The highest BCUT2D eigenvalue weighted by atomic mass is 32.1. The molecule has 3 aromatic carbocycles. The van der Waals surface area contributed by atoms with Crippen molar-refractivity contribution in [3.63, 3.8) is 0 Å². The number of esters is 2. The SMILES string of the molecule is COc1cc(/C=C2/N=C(c3ccc(NC(=O)C(O)c4ccccc4)cc3)OC2=O)ccc1OC(=O)c1cccs1. The lowest BCUT2D eigenvalue weighted by atomic mass is 10.1. The molecule has 10 heteroatoms. The van der Waals surface area contributed by atoms with Crippen molar-refractivity contribution in [2.45, 2.75) is 6.10 Å². The quantitative estimate of drug-likeness (QED) is 0.179. The molecular weight excluding hydrogens is 532 g/mol. The molecule has 1 atom stereocenters. The fourth-order valence-electron chi connectivity index (χ4n) is 3.79. The van der Waals surface area contributed by atoms with Crippen LogP contribution < -0.4 is 14.8 Å². The Hall–Kier alpha value is -5.06. The maximum absolute atomic E-state index is 12.5. The van der Waals surface area contributed by atoms with Crippen molar-refractivity contribution in [3.8, 4) is 11.5 Å². The van der Waals surface area contributed by atoms with Crippen molar-refractivity contribution in [1.82, 2.24) is 0 Å². The van der Waals surface area contributed by atoms with E-state index in [4.69, 9.17) is 14.2 Å². The summed E-state index contributed by atoms with van der Waals surface area (Å²) in [7, 11) is 1.45. The van der Waals surface area contributed by atoms with Gasteiger partial charge in [0.15, 0.2) is 23.3 Å². The van der Waals surface area contributed by atoms with Gasteiger partial charge in [0.25, 0.3) is 5.91 Å². The normalized spacial score (nSPS) is 14.3. The number of aliphatic imine (C=N–C) groups is 1. The number of ether oxygens (including phenoxy) is 3. The van der Waals surface area contributed by atoms with E-state index in [2.05, 4.69) is 10.3 Å². The Morgan fingerprint density at radius 3 is 2.48 bits per heavy atom. The lowest BCUT2D eigenvalue weighted by Crippen LogP contribution is -2.20. The molecule has 0 spiro atoms. The van der Waals surface area contributed by atoms with Gasteiger partial charge in [0.2, 0.25) is 5.90 Å². The number of aliphatic hydroxyl groups is 1. The predicted octanol–water partition coefficient (Wildman–Crippen LogP) is 4.99. The largest absolute Gasteiger partial charge is 0.493 e. The van der Waals surface area contributed by atoms with E-state index in [1.165, 1.54) is 24.5 Å². The molecule has 0 radical (unpaired) electrons. The third kappa shape index (κ3) is 5.98. The van der Waals surface area contributed by atoms with Crippen molar-refractivity contribution in [2.24, 2.45) is 4.99 Å². The number of anilines is 1. The molecule has 0 aliphatic carbocycles. The van der Waals surface area contributed by atoms with Crippen LogP contribution in [0.15, 0.2) is 101 Å². The van der Waals surface area contributed by atoms with Gasteiger partial charge in [0, 0.05) is 11.3 Å². The lowest BCUT2D eigenvalue weighted by molar-refractivity contribution is -0.130. The molecule has 0 bridgehead atoms. The maximum Gasteiger partial charge on any atom is 0.363 e. The number of nitrogens with zero attached hydrogens (tertiary/aromatic N) is 1. The Morgan fingerprint density at radius 2 is 1.77 bits per heavy atom. The molecule has 2 N–H and O–H groups in total. The summed E-state index contributed by atoms with van der Waals surface area (Å²) in [6, 6.07) is 23.4. The number of amides is 1. The molecule has 1 unspecified atom stereocenters. The Bertz CT molecular complexity index is 1610. The number of thiophene rings is 1. The number of nitrogens with one attached hydrogen (secondary N) is 1. The van der Waals surface area contributed by atoms with Gasteiger partial charge in [-0.3, -0.25) is 4.79 Å². The van der Waals surface area contributed by atoms with E-state index in [1.807, 2.05) is 0 Å². The highest BCUT2D eigenvalue weighted by Gasteiger charge is 2.25. The highest BCUT2D eigenvalue weighted by molar-refractivity contribution is 7.12. The molecule has 0 saturated carbocycles. The second-order valence-electron chi connectivity index (χ2n) is 8.49. The maximum atomic E-state index is 12.5. The van der Waals surface area contributed by atoms with Gasteiger partial charge in [0.05, 0.1) is 7.11 Å². The van der Waals surface area contributed by atoms with E-state index in [0.29, 0.717) is 33.0 Å². The van der Waals surface area contributed by atoms with Crippen LogP contribution in [0, 0.1) is 0 Å². The summed E-state index contributed by atoms with van der Waals surface area (Å²) in [6.45, 7) is 0. The molecule has 200 valence electrons.